The second-order valence-corrected chi connectivity index (χ2v) is 20.4. The van der Waals surface area contributed by atoms with E-state index in [1.54, 1.807) is 0 Å². The number of piperidine rings is 2. The third-order valence-corrected chi connectivity index (χ3v) is 14.0. The average Bonchev–Trinajstić information content (AvgIpc) is 3.63. The summed E-state index contributed by atoms with van der Waals surface area (Å²) in [5, 5.41) is 0. The van der Waals surface area contributed by atoms with Crippen molar-refractivity contribution in [2.75, 3.05) is 52.6 Å². The van der Waals surface area contributed by atoms with Crippen molar-refractivity contribution in [2.24, 2.45) is 15.2 Å². The third kappa shape index (κ3) is 11.1. The summed E-state index contributed by atoms with van der Waals surface area (Å²) >= 11 is 0. The van der Waals surface area contributed by atoms with Crippen LogP contribution in [0.5, 0.6) is 0 Å². The molecule has 0 radical (unpaired) electrons. The number of benzene rings is 2. The first-order valence-corrected chi connectivity index (χ1v) is 20.3. The van der Waals surface area contributed by atoms with Gasteiger partial charge in [-0.3, -0.25) is 9.59 Å². The first kappa shape index (κ1) is 48.6. The summed E-state index contributed by atoms with van der Waals surface area (Å²) in [5.41, 5.74) is 1.79. The van der Waals surface area contributed by atoms with Crippen molar-refractivity contribution in [1.82, 2.24) is 14.5 Å². The van der Waals surface area contributed by atoms with E-state index in [9.17, 15) is 18.0 Å². The molecule has 6 rings (SSSR count). The summed E-state index contributed by atoms with van der Waals surface area (Å²) < 4.78 is 43.8. The van der Waals surface area contributed by atoms with E-state index in [2.05, 4.69) is 16.0 Å². The van der Waals surface area contributed by atoms with Gasteiger partial charge in [0.15, 0.2) is 0 Å². The topological polar surface area (TPSA) is 118 Å². The van der Waals surface area contributed by atoms with Gasteiger partial charge in [0.05, 0.1) is 58.2 Å². The molecule has 4 fully saturated rings. The van der Waals surface area contributed by atoms with Crippen molar-refractivity contribution in [3.8, 4) is 0 Å². The number of carbonyl (C=O) groups excluding carboxylic acids is 2. The molecule has 1 unspecified atom stereocenters. The smallest absolute Gasteiger partial charge is 1.00 e. The molecule has 4 heterocycles. The van der Waals surface area contributed by atoms with Crippen molar-refractivity contribution >= 4 is 62.6 Å². The Hall–Kier alpha value is -1.52. The zero-order valence-electron chi connectivity index (χ0n) is 33.5. The van der Waals surface area contributed by atoms with Gasteiger partial charge in [0, 0.05) is 48.1 Å². The fourth-order valence-corrected chi connectivity index (χ4v) is 8.84. The van der Waals surface area contributed by atoms with E-state index < -0.39 is 22.0 Å². The van der Waals surface area contributed by atoms with Gasteiger partial charge in [-0.05, 0) is 98.4 Å². The molecule has 0 saturated carbocycles. The number of amides is 2. The van der Waals surface area contributed by atoms with Crippen molar-refractivity contribution in [2.45, 2.75) is 89.2 Å². The van der Waals surface area contributed by atoms with Crippen molar-refractivity contribution < 1.29 is 44.5 Å². The van der Waals surface area contributed by atoms with E-state index in [-0.39, 0.29) is 85.1 Å². The quantitative estimate of drug-likeness (QED) is 0.366. The van der Waals surface area contributed by atoms with Crippen LogP contribution < -0.4 is 21.7 Å². The Labute approximate surface area is 355 Å². The van der Waals surface area contributed by atoms with Gasteiger partial charge in [0.2, 0.25) is 0 Å². The zero-order chi connectivity index (χ0) is 37.1. The van der Waals surface area contributed by atoms with Crippen LogP contribution in [0.25, 0.3) is 0 Å². The Balaban J connectivity index is 0.000000354. The number of nitrogens with zero attached hydrogens (tertiary/aromatic N) is 3. The summed E-state index contributed by atoms with van der Waals surface area (Å²) in [7, 11) is -2.43. The maximum atomic E-state index is 12.7. The first-order chi connectivity index (χ1) is 24.0. The van der Waals surface area contributed by atoms with E-state index in [0.29, 0.717) is 52.6 Å². The standard InChI is InChI=1S/C20H30N2O3S.C19H26N2O3S.CH3.BrH.Mg/c1-18(2,3)26(24)21-19(4)14-25-15-20(19)10-12-22(13-11-20)17(23)16-8-6-5-7-9-16;1-18(2,3)25(23)20-16-13-24-14-19(16)9-11-21(12-10-19)17(22)15-7-5-4-6-8-15;;;/h5-9,21H,10-15H2,1-4H3;4-8H,9-14H2,1-3H3;1H3;1H;/q;;-1;;+2/p-1/t19?,26-;25-;;;/m11.../s1. The van der Waals surface area contributed by atoms with Crippen molar-refractivity contribution in [3.05, 3.63) is 79.2 Å². The molecule has 2 amide bonds. The van der Waals surface area contributed by atoms with Gasteiger partial charge < -0.3 is 43.7 Å². The molecule has 2 aromatic rings. The molecule has 4 aliphatic rings. The summed E-state index contributed by atoms with van der Waals surface area (Å²) in [6.45, 7) is 18.9. The fourth-order valence-electron chi connectivity index (χ4n) is 7.13. The maximum absolute atomic E-state index is 12.7. The predicted molar refractivity (Wildman–Crippen MR) is 217 cm³/mol. The third-order valence-electron chi connectivity index (χ3n) is 10.8. The SMILES string of the molecule is CC(C)(C)[S@@](=O)N=C1COCC12CCN(C(=O)c1ccccc1)CC2.CC(C)(C)[S@@](=O)NC1(C)COCC12CCN(C(=O)c1ccccc1)CC2.[Br-].[CH3-].[Mg+2]. The molecule has 296 valence electrons. The van der Waals surface area contributed by atoms with Gasteiger partial charge in [0.25, 0.3) is 11.8 Å². The van der Waals surface area contributed by atoms with Gasteiger partial charge >= 0.3 is 23.1 Å². The summed E-state index contributed by atoms with van der Waals surface area (Å²) in [4.78, 5) is 29.1. The number of nitrogens with one attached hydrogen (secondary N) is 1. The molecule has 2 aromatic carbocycles. The molecular weight excluding hydrogens is 801 g/mol. The predicted octanol–water partition coefficient (Wildman–Crippen LogP) is 2.67. The van der Waals surface area contributed by atoms with E-state index >= 15 is 0 Å². The number of hydrogen-bond donors (Lipinski definition) is 1. The number of hydrogen-bond acceptors (Lipinski definition) is 6. The Kier molecular flexibility index (Phi) is 17.8. The minimum absolute atomic E-state index is 0. The minimum atomic E-state index is -1.27. The maximum Gasteiger partial charge on any atom is 2.00 e. The number of halogens is 1. The Morgan fingerprint density at radius 2 is 1.19 bits per heavy atom. The molecule has 10 nitrogen and oxygen atoms in total. The van der Waals surface area contributed by atoms with Crippen LogP contribution in [0.4, 0.5) is 0 Å². The van der Waals surface area contributed by atoms with E-state index in [1.165, 1.54) is 0 Å². The molecule has 4 aliphatic heterocycles. The number of carbonyl (C=O) groups is 2. The zero-order valence-corrected chi connectivity index (χ0v) is 38.1. The van der Waals surface area contributed by atoms with Crippen LogP contribution in [0.1, 0.15) is 94.9 Å². The molecule has 0 aromatic heterocycles. The van der Waals surface area contributed by atoms with Crippen LogP contribution in [-0.2, 0) is 31.4 Å². The van der Waals surface area contributed by atoms with Gasteiger partial charge in [-0.2, -0.15) is 4.40 Å². The van der Waals surface area contributed by atoms with Crippen LogP contribution in [0, 0.1) is 18.3 Å². The Morgan fingerprint density at radius 1 is 0.722 bits per heavy atom. The number of ether oxygens (including phenoxy) is 2. The van der Waals surface area contributed by atoms with Crippen molar-refractivity contribution in [1.29, 1.82) is 0 Å². The van der Waals surface area contributed by atoms with Crippen LogP contribution >= 0.6 is 0 Å². The summed E-state index contributed by atoms with van der Waals surface area (Å²) in [5.74, 6) is 0.165. The number of likely N-dealkylation sites (tertiary alicyclic amines) is 2. The molecule has 1 N–H and O–H groups in total. The molecule has 3 atom stereocenters. The van der Waals surface area contributed by atoms with Gasteiger partial charge in [-0.25, -0.2) is 13.1 Å². The van der Waals surface area contributed by atoms with Crippen LogP contribution in [-0.4, -0.2) is 126 Å². The second kappa shape index (κ2) is 19.8. The van der Waals surface area contributed by atoms with Crippen LogP contribution in [0.15, 0.2) is 65.1 Å². The molecular formula is C40H59BrMgN4O6S2. The summed E-state index contributed by atoms with van der Waals surface area (Å²) in [6.07, 6.45) is 3.34. The molecule has 4 saturated heterocycles. The van der Waals surface area contributed by atoms with Gasteiger partial charge in [-0.1, -0.05) is 36.4 Å². The largest absolute Gasteiger partial charge is 2.00 e. The fraction of sp³-hybridized carbons (Fsp3) is 0.600. The van der Waals surface area contributed by atoms with Gasteiger partial charge in [-0.15, -0.1) is 0 Å². The first-order valence-electron chi connectivity index (χ1n) is 18.0. The Morgan fingerprint density at radius 3 is 1.63 bits per heavy atom. The van der Waals surface area contributed by atoms with Crippen LogP contribution in [0.2, 0.25) is 0 Å². The number of rotatable bonds is 5. The van der Waals surface area contributed by atoms with Crippen molar-refractivity contribution in [3.63, 3.8) is 0 Å². The molecule has 2 spiro atoms. The Bertz CT molecular complexity index is 1620. The molecule has 0 bridgehead atoms. The van der Waals surface area contributed by atoms with Gasteiger partial charge in [0.1, 0.15) is 11.0 Å². The van der Waals surface area contributed by atoms with E-state index in [0.717, 1.165) is 42.5 Å². The van der Waals surface area contributed by atoms with E-state index in [4.69, 9.17) is 9.47 Å². The normalized spacial score (nSPS) is 23.6. The van der Waals surface area contributed by atoms with E-state index in [1.807, 2.05) is 112 Å². The molecule has 54 heavy (non-hydrogen) atoms. The van der Waals surface area contributed by atoms with Crippen LogP contribution in [0.3, 0.4) is 0 Å². The monoisotopic (exact) mass is 858 g/mol. The summed E-state index contributed by atoms with van der Waals surface area (Å²) in [6, 6.07) is 18.8. The average molecular weight is 860 g/mol. The second-order valence-electron chi connectivity index (χ2n) is 16.6. The molecule has 14 heteroatoms. The minimum Gasteiger partial charge on any atom is -1.00 e. The molecule has 0 aliphatic carbocycles.